The molecule has 5 heteroatoms. The minimum atomic E-state index is -0.259. The molecule has 92 valence electrons. The maximum atomic E-state index is 12.0. The zero-order chi connectivity index (χ0) is 13.1. The molecule has 1 N–H and O–H groups in total. The van der Waals surface area contributed by atoms with Crippen molar-refractivity contribution in [3.63, 3.8) is 0 Å². The van der Waals surface area contributed by atoms with Crippen LogP contribution in [0.3, 0.4) is 0 Å². The van der Waals surface area contributed by atoms with Gasteiger partial charge in [0.1, 0.15) is 0 Å². The number of pyridine rings is 1. The Labute approximate surface area is 115 Å². The molecule has 2 aromatic rings. The predicted molar refractivity (Wildman–Crippen MR) is 73.4 cm³/mol. The molecule has 0 unspecified atom stereocenters. The van der Waals surface area contributed by atoms with Gasteiger partial charge in [-0.1, -0.05) is 23.2 Å². The Kier molecular flexibility index (Phi) is 3.84. The number of aryl methyl sites for hydroxylation is 1. The number of amides is 1. The summed E-state index contributed by atoms with van der Waals surface area (Å²) in [6.07, 6.45) is 1.64. The average molecular weight is 281 g/mol. The highest BCUT2D eigenvalue weighted by atomic mass is 35.5. The van der Waals surface area contributed by atoms with Gasteiger partial charge in [0.2, 0.25) is 0 Å². The van der Waals surface area contributed by atoms with Gasteiger partial charge < -0.3 is 5.32 Å². The van der Waals surface area contributed by atoms with Gasteiger partial charge in [-0.25, -0.2) is 0 Å². The summed E-state index contributed by atoms with van der Waals surface area (Å²) in [5, 5.41) is 3.66. The minimum Gasteiger partial charge on any atom is -0.321 e. The third-order valence-corrected chi connectivity index (χ3v) is 2.99. The molecule has 1 amide bonds. The molecule has 3 nitrogen and oxygen atoms in total. The lowest BCUT2D eigenvalue weighted by molar-refractivity contribution is 0.102. The van der Waals surface area contributed by atoms with Crippen molar-refractivity contribution in [3.05, 3.63) is 57.8 Å². The van der Waals surface area contributed by atoms with E-state index in [-0.39, 0.29) is 5.91 Å². The SMILES string of the molecule is Cc1ncccc1C(=O)Nc1cc(Cl)ccc1Cl. The number of hydrogen-bond acceptors (Lipinski definition) is 2. The van der Waals surface area contributed by atoms with E-state index in [1.165, 1.54) is 0 Å². The van der Waals surface area contributed by atoms with Crippen LogP contribution in [0.2, 0.25) is 10.0 Å². The van der Waals surface area contributed by atoms with Gasteiger partial charge in [0.15, 0.2) is 0 Å². The van der Waals surface area contributed by atoms with Crippen molar-refractivity contribution < 1.29 is 4.79 Å². The molecule has 0 saturated heterocycles. The average Bonchev–Trinajstić information content (AvgIpc) is 2.34. The van der Waals surface area contributed by atoms with Crippen LogP contribution in [-0.4, -0.2) is 10.9 Å². The molecule has 1 aromatic carbocycles. The number of nitrogens with one attached hydrogen (secondary N) is 1. The molecule has 0 bridgehead atoms. The van der Waals surface area contributed by atoms with E-state index < -0.39 is 0 Å². The lowest BCUT2D eigenvalue weighted by Gasteiger charge is -2.08. The van der Waals surface area contributed by atoms with Gasteiger partial charge >= 0.3 is 0 Å². The topological polar surface area (TPSA) is 42.0 Å². The molecule has 0 aliphatic carbocycles. The number of anilines is 1. The molecule has 2 rings (SSSR count). The highest BCUT2D eigenvalue weighted by Crippen LogP contribution is 2.26. The summed E-state index contributed by atoms with van der Waals surface area (Å²) >= 11 is 11.8. The van der Waals surface area contributed by atoms with E-state index >= 15 is 0 Å². The second-order valence-corrected chi connectivity index (χ2v) is 4.56. The van der Waals surface area contributed by atoms with Crippen molar-refractivity contribution >= 4 is 34.8 Å². The molecule has 1 aromatic heterocycles. The molecule has 0 radical (unpaired) electrons. The Morgan fingerprint density at radius 2 is 2.06 bits per heavy atom. The van der Waals surface area contributed by atoms with Crippen molar-refractivity contribution in [2.45, 2.75) is 6.92 Å². The van der Waals surface area contributed by atoms with E-state index in [4.69, 9.17) is 23.2 Å². The Morgan fingerprint density at radius 1 is 1.28 bits per heavy atom. The predicted octanol–water partition coefficient (Wildman–Crippen LogP) is 3.95. The van der Waals surface area contributed by atoms with Crippen LogP contribution in [0, 0.1) is 6.92 Å². The first-order valence-electron chi connectivity index (χ1n) is 5.26. The van der Waals surface area contributed by atoms with Crippen LogP contribution in [0.25, 0.3) is 0 Å². The van der Waals surface area contributed by atoms with Gasteiger partial charge in [-0.3, -0.25) is 9.78 Å². The molecule has 0 saturated carbocycles. The first-order chi connectivity index (χ1) is 8.58. The van der Waals surface area contributed by atoms with E-state index in [0.717, 1.165) is 0 Å². The normalized spacial score (nSPS) is 10.2. The smallest absolute Gasteiger partial charge is 0.257 e. The van der Waals surface area contributed by atoms with E-state index in [9.17, 15) is 4.79 Å². The van der Waals surface area contributed by atoms with Crippen molar-refractivity contribution in [1.29, 1.82) is 0 Å². The van der Waals surface area contributed by atoms with Crippen molar-refractivity contribution in [3.8, 4) is 0 Å². The number of carbonyl (C=O) groups is 1. The quantitative estimate of drug-likeness (QED) is 0.905. The third kappa shape index (κ3) is 2.81. The zero-order valence-corrected chi connectivity index (χ0v) is 11.1. The molecule has 0 spiro atoms. The molecular formula is C13H10Cl2N2O. The van der Waals surface area contributed by atoms with Crippen LogP contribution in [0.4, 0.5) is 5.69 Å². The van der Waals surface area contributed by atoms with Crippen LogP contribution in [0.15, 0.2) is 36.5 Å². The fraction of sp³-hybridized carbons (Fsp3) is 0.0769. The Hall–Kier alpha value is -1.58. The molecule has 0 aliphatic rings. The lowest BCUT2D eigenvalue weighted by Crippen LogP contribution is -2.14. The van der Waals surface area contributed by atoms with E-state index in [1.54, 1.807) is 43.5 Å². The lowest BCUT2D eigenvalue weighted by atomic mass is 10.2. The van der Waals surface area contributed by atoms with E-state index in [1.807, 2.05) is 0 Å². The Morgan fingerprint density at radius 3 is 2.78 bits per heavy atom. The molecule has 1 heterocycles. The summed E-state index contributed by atoms with van der Waals surface area (Å²) in [5.41, 5.74) is 1.65. The minimum absolute atomic E-state index is 0.259. The molecule has 0 fully saturated rings. The van der Waals surface area contributed by atoms with E-state index in [2.05, 4.69) is 10.3 Å². The second-order valence-electron chi connectivity index (χ2n) is 3.71. The summed E-state index contributed by atoms with van der Waals surface area (Å²) in [6, 6.07) is 8.32. The molecule has 18 heavy (non-hydrogen) atoms. The third-order valence-electron chi connectivity index (χ3n) is 2.43. The maximum Gasteiger partial charge on any atom is 0.257 e. The fourth-order valence-electron chi connectivity index (χ4n) is 1.51. The van der Waals surface area contributed by atoms with Crippen LogP contribution >= 0.6 is 23.2 Å². The zero-order valence-electron chi connectivity index (χ0n) is 9.58. The summed E-state index contributed by atoms with van der Waals surface area (Å²) < 4.78 is 0. The first kappa shape index (κ1) is 12.9. The standard InChI is InChI=1S/C13H10Cl2N2O/c1-8-10(3-2-6-16-8)13(18)17-12-7-9(14)4-5-11(12)15/h2-7H,1H3,(H,17,18). The summed E-state index contributed by atoms with van der Waals surface area (Å²) in [7, 11) is 0. The highest BCUT2D eigenvalue weighted by molar-refractivity contribution is 6.35. The number of aromatic nitrogens is 1. The molecule has 0 atom stereocenters. The largest absolute Gasteiger partial charge is 0.321 e. The first-order valence-corrected chi connectivity index (χ1v) is 6.01. The number of carbonyl (C=O) groups excluding carboxylic acids is 1. The number of benzene rings is 1. The van der Waals surface area contributed by atoms with Gasteiger partial charge in [0.25, 0.3) is 5.91 Å². The van der Waals surface area contributed by atoms with Crippen LogP contribution in [0.1, 0.15) is 16.1 Å². The Balaban J connectivity index is 2.27. The highest BCUT2D eigenvalue weighted by Gasteiger charge is 2.11. The molecule has 0 aliphatic heterocycles. The number of nitrogens with zero attached hydrogens (tertiary/aromatic N) is 1. The van der Waals surface area contributed by atoms with Gasteiger partial charge in [-0.05, 0) is 37.3 Å². The van der Waals surface area contributed by atoms with Crippen molar-refractivity contribution in [2.24, 2.45) is 0 Å². The van der Waals surface area contributed by atoms with Gasteiger partial charge in [0, 0.05) is 16.9 Å². The Bertz CT molecular complexity index is 599. The van der Waals surface area contributed by atoms with Crippen molar-refractivity contribution in [2.75, 3.05) is 5.32 Å². The summed E-state index contributed by atoms with van der Waals surface area (Å²) in [6.45, 7) is 1.77. The number of rotatable bonds is 2. The van der Waals surface area contributed by atoms with Crippen LogP contribution < -0.4 is 5.32 Å². The summed E-state index contributed by atoms with van der Waals surface area (Å²) in [4.78, 5) is 16.1. The fourth-order valence-corrected chi connectivity index (χ4v) is 1.84. The number of hydrogen-bond donors (Lipinski definition) is 1. The van der Waals surface area contributed by atoms with Crippen molar-refractivity contribution in [1.82, 2.24) is 4.98 Å². The maximum absolute atomic E-state index is 12.0. The molecular weight excluding hydrogens is 271 g/mol. The number of halogens is 2. The van der Waals surface area contributed by atoms with Gasteiger partial charge in [0.05, 0.1) is 16.3 Å². The van der Waals surface area contributed by atoms with E-state index in [0.29, 0.717) is 27.0 Å². The summed E-state index contributed by atoms with van der Waals surface area (Å²) in [5.74, 6) is -0.259. The van der Waals surface area contributed by atoms with Crippen LogP contribution in [-0.2, 0) is 0 Å². The van der Waals surface area contributed by atoms with Gasteiger partial charge in [-0.15, -0.1) is 0 Å². The van der Waals surface area contributed by atoms with Crippen LogP contribution in [0.5, 0.6) is 0 Å². The second kappa shape index (κ2) is 5.38. The monoisotopic (exact) mass is 280 g/mol. The van der Waals surface area contributed by atoms with Gasteiger partial charge in [-0.2, -0.15) is 0 Å².